The summed E-state index contributed by atoms with van der Waals surface area (Å²) >= 11 is 0. The fraction of sp³-hybridized carbons (Fsp3) is 0.429. The minimum Gasteiger partial charge on any atom is -0.468 e. The molecule has 0 bridgehead atoms. The number of carbonyl (C=O) groups excluding carboxylic acids is 1. The van der Waals surface area contributed by atoms with Crippen molar-refractivity contribution in [1.29, 1.82) is 0 Å². The molecule has 1 aromatic carbocycles. The Morgan fingerprint density at radius 3 is 2.61 bits per heavy atom. The van der Waals surface area contributed by atoms with Crippen LogP contribution in [0, 0.1) is 0 Å². The maximum absolute atomic E-state index is 13.7. The number of para-hydroxylation sites is 1. The van der Waals surface area contributed by atoms with E-state index in [0.717, 1.165) is 0 Å². The number of benzene rings is 1. The lowest BCUT2D eigenvalue weighted by Gasteiger charge is -2.28. The lowest BCUT2D eigenvalue weighted by molar-refractivity contribution is -0.142. The second-order valence-corrected chi connectivity index (χ2v) is 9.79. The highest BCUT2D eigenvalue weighted by Gasteiger charge is 2.49. The molecule has 3 heterocycles. The fourth-order valence-corrected chi connectivity index (χ4v) is 5.50. The van der Waals surface area contributed by atoms with Crippen molar-refractivity contribution in [3.05, 3.63) is 43.0 Å². The van der Waals surface area contributed by atoms with E-state index in [9.17, 15) is 19.6 Å². The summed E-state index contributed by atoms with van der Waals surface area (Å²) in [5, 5.41) is 24.0. The Morgan fingerprint density at radius 1 is 1.19 bits per heavy atom. The van der Waals surface area contributed by atoms with E-state index in [1.807, 2.05) is 0 Å². The van der Waals surface area contributed by atoms with Crippen molar-refractivity contribution in [3.8, 4) is 5.75 Å². The van der Waals surface area contributed by atoms with Gasteiger partial charge in [-0.2, -0.15) is 5.09 Å². The Hall–Kier alpha value is -3.13. The molecule has 1 aliphatic rings. The third-order valence-corrected chi connectivity index (χ3v) is 7.34. The summed E-state index contributed by atoms with van der Waals surface area (Å²) in [6, 6.07) is 7.15. The van der Waals surface area contributed by atoms with Crippen molar-refractivity contribution in [2.45, 2.75) is 50.5 Å². The Morgan fingerprint density at radius 2 is 1.92 bits per heavy atom. The smallest absolute Gasteiger partial charge is 0.459 e. The summed E-state index contributed by atoms with van der Waals surface area (Å²) in [5.74, 6) is -0.334. The van der Waals surface area contributed by atoms with Crippen molar-refractivity contribution >= 4 is 30.7 Å². The first kappa shape index (κ1) is 25.9. The van der Waals surface area contributed by atoms with Gasteiger partial charge in [0.15, 0.2) is 17.7 Å². The largest absolute Gasteiger partial charge is 0.468 e. The first-order valence-electron chi connectivity index (χ1n) is 11.0. The SMILES string of the molecule is COC(=O)C(C)N[P@@](=O)(Oc1ccccc1)OC(C)C1OC(n2cnc3c(N)ncnc32)[C@H](O)[C@@H]1O. The van der Waals surface area contributed by atoms with Gasteiger partial charge in [0.2, 0.25) is 0 Å². The summed E-state index contributed by atoms with van der Waals surface area (Å²) in [6.07, 6.45) is -3.59. The average Bonchev–Trinajstić information content (AvgIpc) is 3.40. The zero-order valence-electron chi connectivity index (χ0n) is 19.7. The van der Waals surface area contributed by atoms with Crippen LogP contribution in [0.25, 0.3) is 11.2 Å². The highest BCUT2D eigenvalue weighted by molar-refractivity contribution is 7.52. The lowest BCUT2D eigenvalue weighted by Crippen LogP contribution is -2.41. The molecule has 0 spiro atoms. The van der Waals surface area contributed by atoms with Crippen LogP contribution in [0.5, 0.6) is 5.75 Å². The topological polar surface area (TPSA) is 193 Å². The third-order valence-electron chi connectivity index (χ3n) is 5.58. The molecule has 4 rings (SSSR count). The number of ether oxygens (including phenoxy) is 2. The van der Waals surface area contributed by atoms with Gasteiger partial charge in [-0.3, -0.25) is 13.9 Å². The number of aliphatic hydroxyl groups is 2. The first-order valence-corrected chi connectivity index (χ1v) is 12.5. The van der Waals surface area contributed by atoms with Crippen molar-refractivity contribution < 1.29 is 38.1 Å². The molecule has 4 unspecified atom stereocenters. The molecular formula is C21H27N6O8P. The zero-order chi connectivity index (χ0) is 26.0. The van der Waals surface area contributed by atoms with E-state index in [4.69, 9.17) is 19.5 Å². The molecule has 7 atom stereocenters. The van der Waals surface area contributed by atoms with Crippen molar-refractivity contribution in [1.82, 2.24) is 24.6 Å². The van der Waals surface area contributed by atoms with Gasteiger partial charge in [-0.25, -0.2) is 19.5 Å². The second-order valence-electron chi connectivity index (χ2n) is 8.14. The van der Waals surface area contributed by atoms with Crippen LogP contribution in [0.1, 0.15) is 20.1 Å². The maximum Gasteiger partial charge on any atom is 0.459 e. The number of hydrogen-bond acceptors (Lipinski definition) is 12. The van der Waals surface area contributed by atoms with Gasteiger partial charge in [0.05, 0.1) is 19.5 Å². The number of nitrogens with zero attached hydrogens (tertiary/aromatic N) is 4. The van der Waals surface area contributed by atoms with E-state index in [1.54, 1.807) is 30.3 Å². The summed E-state index contributed by atoms with van der Waals surface area (Å²) in [5.41, 5.74) is 6.42. The van der Waals surface area contributed by atoms with E-state index in [0.29, 0.717) is 11.2 Å². The van der Waals surface area contributed by atoms with Crippen LogP contribution in [0.4, 0.5) is 5.82 Å². The lowest BCUT2D eigenvalue weighted by atomic mass is 10.1. The van der Waals surface area contributed by atoms with Gasteiger partial charge in [-0.15, -0.1) is 0 Å². The van der Waals surface area contributed by atoms with Crippen LogP contribution in [0.2, 0.25) is 0 Å². The summed E-state index contributed by atoms with van der Waals surface area (Å²) in [6.45, 7) is 2.92. The van der Waals surface area contributed by atoms with Gasteiger partial charge in [0.25, 0.3) is 0 Å². The third kappa shape index (κ3) is 5.19. The van der Waals surface area contributed by atoms with E-state index < -0.39 is 50.4 Å². The molecule has 0 saturated carbocycles. The number of methoxy groups -OCH3 is 1. The number of rotatable bonds is 9. The first-order chi connectivity index (χ1) is 17.1. The second kappa shape index (κ2) is 10.5. The maximum atomic E-state index is 13.7. The van der Waals surface area contributed by atoms with E-state index >= 15 is 0 Å². The molecule has 1 fully saturated rings. The van der Waals surface area contributed by atoms with Crippen molar-refractivity contribution in [2.75, 3.05) is 12.8 Å². The highest BCUT2D eigenvalue weighted by atomic mass is 31.2. The number of esters is 1. The van der Waals surface area contributed by atoms with Crippen LogP contribution < -0.4 is 15.3 Å². The monoisotopic (exact) mass is 522 g/mol. The van der Waals surface area contributed by atoms with Gasteiger partial charge in [0, 0.05) is 0 Å². The highest BCUT2D eigenvalue weighted by Crippen LogP contribution is 2.48. The van der Waals surface area contributed by atoms with Crippen LogP contribution in [0.3, 0.4) is 0 Å². The molecule has 36 heavy (non-hydrogen) atoms. The van der Waals surface area contributed by atoms with E-state index in [-0.39, 0.29) is 11.6 Å². The fourth-order valence-electron chi connectivity index (χ4n) is 3.80. The summed E-state index contributed by atoms with van der Waals surface area (Å²) in [7, 11) is -3.03. The van der Waals surface area contributed by atoms with Crippen LogP contribution in [-0.2, 0) is 23.4 Å². The predicted octanol–water partition coefficient (Wildman–Crippen LogP) is 0.771. The standard InChI is InChI=1S/C21H27N6O8P/c1-11(21(30)32-3)26-36(31,35-13-7-5-4-6-8-13)34-12(2)17-15(28)16(29)20(33-17)27-10-25-14-18(22)23-9-24-19(14)27/h4-12,15-17,20,28-29H,1-3H3,(H,26,31)(H2,22,23,24)/t11?,12?,15-,16+,17?,20?,36-/m0/s1. The zero-order valence-corrected chi connectivity index (χ0v) is 20.6. The van der Waals surface area contributed by atoms with Crippen molar-refractivity contribution in [3.63, 3.8) is 0 Å². The number of hydrogen-bond donors (Lipinski definition) is 4. The molecule has 14 nitrogen and oxygen atoms in total. The van der Waals surface area contributed by atoms with Gasteiger partial charge in [-0.1, -0.05) is 18.2 Å². The van der Waals surface area contributed by atoms with E-state index in [2.05, 4.69) is 24.8 Å². The Labute approximate surface area is 206 Å². The molecule has 0 amide bonds. The van der Waals surface area contributed by atoms with Crippen LogP contribution in [0.15, 0.2) is 43.0 Å². The van der Waals surface area contributed by atoms with Gasteiger partial charge < -0.3 is 29.9 Å². The molecular weight excluding hydrogens is 495 g/mol. The minimum absolute atomic E-state index is 0.143. The van der Waals surface area contributed by atoms with Crippen LogP contribution in [-0.4, -0.2) is 73.3 Å². The van der Waals surface area contributed by atoms with Gasteiger partial charge >= 0.3 is 13.7 Å². The number of aromatic nitrogens is 4. The molecule has 15 heteroatoms. The molecule has 2 aromatic heterocycles. The number of imidazole rings is 1. The Kier molecular flexibility index (Phi) is 7.54. The molecule has 1 saturated heterocycles. The molecule has 3 aromatic rings. The molecule has 1 aliphatic heterocycles. The molecule has 5 N–H and O–H groups in total. The molecule has 0 radical (unpaired) electrons. The number of nitrogens with two attached hydrogens (primary N) is 1. The quantitative estimate of drug-likeness (QED) is 0.228. The molecule has 194 valence electrons. The Balaban J connectivity index is 1.56. The summed E-state index contributed by atoms with van der Waals surface area (Å²) < 4.78 is 37.0. The molecule has 0 aliphatic carbocycles. The van der Waals surface area contributed by atoms with Crippen molar-refractivity contribution in [2.24, 2.45) is 0 Å². The Bertz CT molecular complexity index is 1260. The minimum atomic E-state index is -4.22. The predicted molar refractivity (Wildman–Crippen MR) is 125 cm³/mol. The van der Waals surface area contributed by atoms with Crippen LogP contribution >= 0.6 is 7.75 Å². The number of nitrogen functional groups attached to an aromatic ring is 1. The number of fused-ring (bicyclic) bond motifs is 1. The average molecular weight is 522 g/mol. The van der Waals surface area contributed by atoms with Gasteiger partial charge in [0.1, 0.15) is 41.9 Å². The number of nitrogens with one attached hydrogen (secondary N) is 1. The number of aliphatic hydroxyl groups excluding tert-OH is 2. The van der Waals surface area contributed by atoms with E-state index in [1.165, 1.54) is 38.2 Å². The van der Waals surface area contributed by atoms with Gasteiger partial charge in [-0.05, 0) is 26.0 Å². The number of carbonyl (C=O) groups is 1. The summed E-state index contributed by atoms with van der Waals surface area (Å²) in [4.78, 5) is 24.1. The normalized spacial score (nSPS) is 25.2. The number of anilines is 1.